The second-order valence-electron chi connectivity index (χ2n) is 5.39. The van der Waals surface area contributed by atoms with Gasteiger partial charge < -0.3 is 0 Å². The van der Waals surface area contributed by atoms with Gasteiger partial charge in [-0.15, -0.1) is 0 Å². The maximum Gasteiger partial charge on any atom is 0.258 e. The zero-order valence-electron chi connectivity index (χ0n) is 12.3. The predicted octanol–water partition coefficient (Wildman–Crippen LogP) is 4.68. The second kappa shape index (κ2) is 6.15. The van der Waals surface area contributed by atoms with Gasteiger partial charge in [-0.25, -0.2) is 8.42 Å². The van der Waals surface area contributed by atoms with Crippen LogP contribution in [0.15, 0.2) is 52.6 Å². The summed E-state index contributed by atoms with van der Waals surface area (Å²) in [6, 6.07) is 6.82. The number of rotatable bonds is 3. The Kier molecular flexibility index (Phi) is 4.36. The van der Waals surface area contributed by atoms with Crippen molar-refractivity contribution in [2.75, 3.05) is 4.72 Å². The fourth-order valence-electron chi connectivity index (χ4n) is 2.58. The topological polar surface area (TPSA) is 59.1 Å². The summed E-state index contributed by atoms with van der Waals surface area (Å²) < 4.78 is 28.0. The maximum absolute atomic E-state index is 12.7. The van der Waals surface area contributed by atoms with E-state index in [0.29, 0.717) is 38.0 Å². The number of fused-ring (bicyclic) bond motifs is 1. The van der Waals surface area contributed by atoms with E-state index in [2.05, 4.69) is 9.71 Å². The standard InChI is InChI=1S/C16H14Cl2N2O2S/c1-10-9-11(17)4-7-15(10)23(21,22)20-14-6-5-13(18)12-3-2-8-19-16(12)14/h2-8,10,20H,9H2,1H3. The summed E-state index contributed by atoms with van der Waals surface area (Å²) in [4.78, 5) is 4.54. The highest BCUT2D eigenvalue weighted by atomic mass is 35.5. The molecule has 0 saturated heterocycles. The molecule has 1 unspecified atom stereocenters. The smallest absolute Gasteiger partial charge is 0.258 e. The average molecular weight is 369 g/mol. The highest BCUT2D eigenvalue weighted by molar-refractivity contribution is 7.96. The number of aromatic nitrogens is 1. The molecule has 1 aromatic heterocycles. The summed E-state index contributed by atoms with van der Waals surface area (Å²) in [7, 11) is -3.69. The molecular formula is C16H14Cl2N2O2S. The molecule has 120 valence electrons. The van der Waals surface area contributed by atoms with Crippen LogP contribution in [0, 0.1) is 5.92 Å². The first-order valence-corrected chi connectivity index (χ1v) is 9.24. The average Bonchev–Trinajstić information content (AvgIpc) is 2.50. The fraction of sp³-hybridized carbons (Fsp3) is 0.188. The lowest BCUT2D eigenvalue weighted by Crippen LogP contribution is -2.21. The summed E-state index contributed by atoms with van der Waals surface area (Å²) in [6.07, 6.45) is 5.27. The van der Waals surface area contributed by atoms with E-state index in [1.54, 1.807) is 42.6 Å². The predicted molar refractivity (Wildman–Crippen MR) is 95.1 cm³/mol. The van der Waals surface area contributed by atoms with Crippen LogP contribution < -0.4 is 4.72 Å². The molecule has 7 heteroatoms. The first-order chi connectivity index (χ1) is 10.9. The summed E-state index contributed by atoms with van der Waals surface area (Å²) >= 11 is 12.1. The van der Waals surface area contributed by atoms with Crippen LogP contribution in [0.4, 0.5) is 5.69 Å². The molecule has 23 heavy (non-hydrogen) atoms. The molecule has 0 saturated carbocycles. The fourth-order valence-corrected chi connectivity index (χ4v) is 4.52. The first-order valence-electron chi connectivity index (χ1n) is 7.01. The van der Waals surface area contributed by atoms with Crippen molar-refractivity contribution in [1.82, 2.24) is 4.98 Å². The maximum atomic E-state index is 12.7. The van der Waals surface area contributed by atoms with Gasteiger partial charge in [-0.05, 0) is 48.8 Å². The van der Waals surface area contributed by atoms with Gasteiger partial charge in [-0.1, -0.05) is 30.1 Å². The molecule has 2 aromatic rings. The van der Waals surface area contributed by atoms with E-state index in [1.165, 1.54) is 0 Å². The Morgan fingerprint density at radius 3 is 2.74 bits per heavy atom. The number of pyridine rings is 1. The Morgan fingerprint density at radius 1 is 1.22 bits per heavy atom. The van der Waals surface area contributed by atoms with Gasteiger partial charge in [0.05, 0.1) is 21.1 Å². The van der Waals surface area contributed by atoms with Gasteiger partial charge in [-0.2, -0.15) is 0 Å². The Balaban J connectivity index is 2.04. The van der Waals surface area contributed by atoms with Crippen LogP contribution in [0.5, 0.6) is 0 Å². The normalized spacial score (nSPS) is 18.5. The van der Waals surface area contributed by atoms with Gasteiger partial charge in [0.25, 0.3) is 10.0 Å². The zero-order chi connectivity index (χ0) is 16.6. The quantitative estimate of drug-likeness (QED) is 0.855. The van der Waals surface area contributed by atoms with E-state index < -0.39 is 10.0 Å². The number of nitrogens with zero attached hydrogens (tertiary/aromatic N) is 1. The van der Waals surface area contributed by atoms with E-state index in [-0.39, 0.29) is 5.92 Å². The highest BCUT2D eigenvalue weighted by Crippen LogP contribution is 2.33. The van der Waals surface area contributed by atoms with E-state index in [9.17, 15) is 8.42 Å². The molecule has 0 radical (unpaired) electrons. The third kappa shape index (κ3) is 3.22. The minimum atomic E-state index is -3.69. The van der Waals surface area contributed by atoms with Crippen LogP contribution in [0.3, 0.4) is 0 Å². The van der Waals surface area contributed by atoms with E-state index >= 15 is 0 Å². The van der Waals surface area contributed by atoms with Gasteiger partial charge in [0.15, 0.2) is 0 Å². The van der Waals surface area contributed by atoms with Crippen LogP contribution in [-0.2, 0) is 10.0 Å². The van der Waals surface area contributed by atoms with Gasteiger partial charge in [0.2, 0.25) is 0 Å². The number of halogens is 2. The number of allylic oxidation sites excluding steroid dienone is 4. The minimum Gasteiger partial charge on any atom is -0.278 e. The van der Waals surface area contributed by atoms with Gasteiger partial charge in [0, 0.05) is 16.6 Å². The highest BCUT2D eigenvalue weighted by Gasteiger charge is 2.26. The van der Waals surface area contributed by atoms with Crippen molar-refractivity contribution in [1.29, 1.82) is 0 Å². The number of hydrogen-bond acceptors (Lipinski definition) is 3. The van der Waals surface area contributed by atoms with Gasteiger partial charge in [-0.3, -0.25) is 9.71 Å². The molecule has 3 rings (SSSR count). The number of benzene rings is 1. The molecule has 1 aromatic carbocycles. The summed E-state index contributed by atoms with van der Waals surface area (Å²) in [5.41, 5.74) is 0.917. The van der Waals surface area contributed by atoms with Crippen LogP contribution in [-0.4, -0.2) is 13.4 Å². The lowest BCUT2D eigenvalue weighted by molar-refractivity contribution is 0.594. The molecule has 1 atom stereocenters. The number of anilines is 1. The first kappa shape index (κ1) is 16.3. The van der Waals surface area contributed by atoms with Crippen molar-refractivity contribution in [3.63, 3.8) is 0 Å². The molecule has 1 heterocycles. The molecule has 4 nitrogen and oxygen atoms in total. The number of nitrogens with one attached hydrogen (secondary N) is 1. The van der Waals surface area contributed by atoms with E-state index in [0.717, 1.165) is 0 Å². The number of hydrogen-bond donors (Lipinski definition) is 1. The largest absolute Gasteiger partial charge is 0.278 e. The summed E-state index contributed by atoms with van der Waals surface area (Å²) in [5, 5.41) is 1.87. The zero-order valence-corrected chi connectivity index (χ0v) is 14.6. The van der Waals surface area contributed by atoms with Crippen molar-refractivity contribution in [3.05, 3.63) is 57.6 Å². The second-order valence-corrected chi connectivity index (χ2v) is 7.96. The third-order valence-electron chi connectivity index (χ3n) is 3.69. The molecule has 1 aliphatic carbocycles. The van der Waals surface area contributed by atoms with Gasteiger partial charge >= 0.3 is 0 Å². The van der Waals surface area contributed by atoms with Crippen LogP contribution in [0.2, 0.25) is 5.02 Å². The van der Waals surface area contributed by atoms with Gasteiger partial charge in [0.1, 0.15) is 0 Å². The monoisotopic (exact) mass is 368 g/mol. The minimum absolute atomic E-state index is 0.184. The summed E-state index contributed by atoms with van der Waals surface area (Å²) in [6.45, 7) is 1.83. The number of sulfonamides is 1. The molecule has 1 N–H and O–H groups in total. The Labute approximate surface area is 144 Å². The molecule has 0 amide bonds. The molecule has 1 aliphatic rings. The van der Waals surface area contributed by atoms with Crippen molar-refractivity contribution in [2.24, 2.45) is 5.92 Å². The molecule has 0 spiro atoms. The lowest BCUT2D eigenvalue weighted by Gasteiger charge is -2.20. The summed E-state index contributed by atoms with van der Waals surface area (Å²) in [5.74, 6) is -0.184. The van der Waals surface area contributed by atoms with E-state index in [4.69, 9.17) is 23.2 Å². The third-order valence-corrected chi connectivity index (χ3v) is 5.94. The van der Waals surface area contributed by atoms with Crippen LogP contribution in [0.1, 0.15) is 13.3 Å². The van der Waals surface area contributed by atoms with Crippen molar-refractivity contribution >= 4 is 49.8 Å². The SMILES string of the molecule is CC1CC(Cl)=CC=C1S(=O)(=O)Nc1ccc(Cl)c2cccnc12. The van der Waals surface area contributed by atoms with Crippen molar-refractivity contribution in [3.8, 4) is 0 Å². The molecule has 0 bridgehead atoms. The van der Waals surface area contributed by atoms with Crippen molar-refractivity contribution in [2.45, 2.75) is 13.3 Å². The Morgan fingerprint density at radius 2 is 2.00 bits per heavy atom. The Hall–Kier alpha value is -1.56. The van der Waals surface area contributed by atoms with E-state index in [1.807, 2.05) is 6.92 Å². The molecule has 0 fully saturated rings. The van der Waals surface area contributed by atoms with Crippen molar-refractivity contribution < 1.29 is 8.42 Å². The van der Waals surface area contributed by atoms with Crippen LogP contribution in [0.25, 0.3) is 10.9 Å². The lowest BCUT2D eigenvalue weighted by atomic mass is 10.0. The Bertz CT molecular complexity index is 936. The molecular weight excluding hydrogens is 355 g/mol. The van der Waals surface area contributed by atoms with Crippen LogP contribution >= 0.6 is 23.2 Å². The molecule has 0 aliphatic heterocycles.